The Hall–Kier alpha value is -1.62. The number of ether oxygens (including phenoxy) is 1. The highest BCUT2D eigenvalue weighted by Gasteiger charge is 2.22. The summed E-state index contributed by atoms with van der Waals surface area (Å²) >= 11 is 0. The number of hydrogen-bond acceptors (Lipinski definition) is 5. The number of nitrogens with zero attached hydrogens (tertiary/aromatic N) is 1. The average molecular weight is 295 g/mol. The van der Waals surface area contributed by atoms with Gasteiger partial charge >= 0.3 is 5.97 Å². The predicted molar refractivity (Wildman–Crippen MR) is 81.8 cm³/mol. The molecule has 1 heterocycles. The van der Waals surface area contributed by atoms with Crippen LogP contribution in [0.15, 0.2) is 29.5 Å². The molecule has 1 N–H and O–H groups in total. The summed E-state index contributed by atoms with van der Waals surface area (Å²) in [4.78, 5) is 16.7. The van der Waals surface area contributed by atoms with Crippen LogP contribution in [0.4, 0.5) is 0 Å². The highest BCUT2D eigenvalue weighted by Crippen LogP contribution is 2.16. The zero-order valence-electron chi connectivity index (χ0n) is 13.2. The van der Waals surface area contributed by atoms with E-state index in [0.29, 0.717) is 12.1 Å². The molecule has 0 saturated heterocycles. The topological polar surface area (TPSA) is 68.1 Å². The van der Waals surface area contributed by atoms with Crippen LogP contribution in [0.5, 0.6) is 0 Å². The zero-order chi connectivity index (χ0) is 15.8. The monoisotopic (exact) mass is 295 g/mol. The lowest BCUT2D eigenvalue weighted by molar-refractivity contribution is -0.153. The number of carbonyl (C=O) groups is 1. The van der Waals surface area contributed by atoms with E-state index in [9.17, 15) is 9.90 Å². The Kier molecular flexibility index (Phi) is 7.15. The minimum Gasteiger partial charge on any atom is -0.455 e. The summed E-state index contributed by atoms with van der Waals surface area (Å²) < 4.78 is 5.32. The molecule has 0 aromatic rings. The summed E-state index contributed by atoms with van der Waals surface area (Å²) in [6, 6.07) is 0. The van der Waals surface area contributed by atoms with E-state index in [1.54, 1.807) is 0 Å². The normalized spacial score (nSPS) is 26.7. The average Bonchev–Trinajstić information content (AvgIpc) is 2.47. The van der Waals surface area contributed by atoms with Gasteiger partial charge in [0.15, 0.2) is 0 Å². The molecule has 0 bridgehead atoms. The molecule has 1 rings (SSSR count). The molecule has 118 valence electrons. The van der Waals surface area contributed by atoms with Crippen molar-refractivity contribution >= 4 is 11.7 Å². The van der Waals surface area contributed by atoms with Gasteiger partial charge in [0.2, 0.25) is 6.61 Å². The summed E-state index contributed by atoms with van der Waals surface area (Å²) in [5.74, 6) is -0.597. The predicted octanol–water partition coefficient (Wildman–Crippen LogP) is 2.46. The first kappa shape index (κ1) is 17.4. The van der Waals surface area contributed by atoms with Crippen molar-refractivity contribution in [1.82, 2.24) is 0 Å². The molecule has 5 nitrogen and oxygen atoms in total. The molecular weight excluding hydrogens is 270 g/mol. The highest BCUT2D eigenvalue weighted by atomic mass is 16.7. The zero-order valence-corrected chi connectivity index (χ0v) is 13.2. The molecule has 0 radical (unpaired) electrons. The largest absolute Gasteiger partial charge is 0.455 e. The van der Waals surface area contributed by atoms with Crippen molar-refractivity contribution in [3.8, 4) is 0 Å². The second kappa shape index (κ2) is 8.62. The maximum absolute atomic E-state index is 11.7. The van der Waals surface area contributed by atoms with Crippen molar-refractivity contribution in [2.45, 2.75) is 46.3 Å². The Balaban J connectivity index is 2.97. The van der Waals surface area contributed by atoms with Crippen molar-refractivity contribution in [3.05, 3.63) is 24.3 Å². The Morgan fingerprint density at radius 3 is 2.90 bits per heavy atom. The molecule has 1 aliphatic heterocycles. The smallest absolute Gasteiger partial charge is 0.347 e. The second-order valence-corrected chi connectivity index (χ2v) is 5.25. The van der Waals surface area contributed by atoms with Crippen LogP contribution in [0.2, 0.25) is 0 Å². The van der Waals surface area contributed by atoms with E-state index in [1.165, 1.54) is 0 Å². The molecule has 0 fully saturated rings. The number of rotatable bonds is 4. The van der Waals surface area contributed by atoms with E-state index in [-0.39, 0.29) is 24.5 Å². The molecule has 0 aromatic heterocycles. The minimum absolute atomic E-state index is 0.0134. The number of hydrogen-bond donors (Lipinski definition) is 1. The summed E-state index contributed by atoms with van der Waals surface area (Å²) in [6.07, 6.45) is 7.27. The van der Waals surface area contributed by atoms with Gasteiger partial charge in [-0.25, -0.2) is 4.79 Å². The molecule has 21 heavy (non-hydrogen) atoms. The van der Waals surface area contributed by atoms with E-state index in [4.69, 9.17) is 9.57 Å². The summed E-state index contributed by atoms with van der Waals surface area (Å²) in [5, 5.41) is 13.9. The van der Waals surface area contributed by atoms with Crippen LogP contribution in [0, 0.1) is 11.8 Å². The maximum atomic E-state index is 11.7. The third kappa shape index (κ3) is 5.34. The molecule has 5 heteroatoms. The SMILES string of the molecule is CC=CC1OC(=O)CON=C(C(C)C(O)CC)C=CC1C. The van der Waals surface area contributed by atoms with Gasteiger partial charge in [0.25, 0.3) is 0 Å². The van der Waals surface area contributed by atoms with Gasteiger partial charge < -0.3 is 14.7 Å². The van der Waals surface area contributed by atoms with Crippen molar-refractivity contribution in [1.29, 1.82) is 0 Å². The van der Waals surface area contributed by atoms with Crippen LogP contribution < -0.4 is 0 Å². The number of aliphatic hydroxyl groups excluding tert-OH is 1. The molecule has 4 atom stereocenters. The van der Waals surface area contributed by atoms with Gasteiger partial charge in [0.05, 0.1) is 11.8 Å². The van der Waals surface area contributed by atoms with Crippen molar-refractivity contribution in [2.75, 3.05) is 6.61 Å². The molecule has 0 aromatic carbocycles. The fraction of sp³-hybridized carbons (Fsp3) is 0.625. The first-order valence-corrected chi connectivity index (χ1v) is 7.38. The fourth-order valence-electron chi connectivity index (χ4n) is 2.03. The van der Waals surface area contributed by atoms with Gasteiger partial charge in [-0.05, 0) is 25.5 Å². The fourth-order valence-corrected chi connectivity index (χ4v) is 2.03. The molecule has 4 unspecified atom stereocenters. The third-order valence-electron chi connectivity index (χ3n) is 3.55. The summed E-state index contributed by atoms with van der Waals surface area (Å²) in [5.41, 5.74) is 0.630. The van der Waals surface area contributed by atoms with Crippen LogP contribution in [-0.4, -0.2) is 35.6 Å². The third-order valence-corrected chi connectivity index (χ3v) is 3.55. The van der Waals surface area contributed by atoms with Crippen LogP contribution in [0.1, 0.15) is 34.1 Å². The number of esters is 1. The van der Waals surface area contributed by atoms with E-state index in [0.717, 1.165) is 0 Å². The Labute approximate surface area is 126 Å². The summed E-state index contributed by atoms with van der Waals surface area (Å²) in [6.45, 7) is 7.42. The molecule has 1 aliphatic rings. The van der Waals surface area contributed by atoms with Crippen molar-refractivity contribution in [3.63, 3.8) is 0 Å². The first-order chi connectivity index (χ1) is 9.99. The number of cyclic esters (lactones) is 1. The molecular formula is C16H25NO4. The lowest BCUT2D eigenvalue weighted by Crippen LogP contribution is -2.28. The molecule has 0 aliphatic carbocycles. The van der Waals surface area contributed by atoms with Gasteiger partial charge in [0.1, 0.15) is 6.10 Å². The minimum atomic E-state index is -0.492. The Morgan fingerprint density at radius 1 is 1.57 bits per heavy atom. The number of carbonyl (C=O) groups excluding carboxylic acids is 1. The first-order valence-electron chi connectivity index (χ1n) is 7.38. The van der Waals surface area contributed by atoms with E-state index < -0.39 is 12.1 Å². The van der Waals surface area contributed by atoms with Crippen LogP contribution in [0.25, 0.3) is 0 Å². The van der Waals surface area contributed by atoms with E-state index in [1.807, 2.05) is 52.0 Å². The number of allylic oxidation sites excluding steroid dienone is 2. The second-order valence-electron chi connectivity index (χ2n) is 5.25. The maximum Gasteiger partial charge on any atom is 0.347 e. The molecule has 0 amide bonds. The summed E-state index contributed by atoms with van der Waals surface area (Å²) in [7, 11) is 0. The van der Waals surface area contributed by atoms with E-state index in [2.05, 4.69) is 5.16 Å². The van der Waals surface area contributed by atoms with Gasteiger partial charge in [-0.15, -0.1) is 0 Å². The van der Waals surface area contributed by atoms with Gasteiger partial charge in [-0.2, -0.15) is 0 Å². The lowest BCUT2D eigenvalue weighted by atomic mass is 9.95. The molecule has 0 spiro atoms. The highest BCUT2D eigenvalue weighted by molar-refractivity contribution is 5.96. The Bertz CT molecular complexity index is 428. The van der Waals surface area contributed by atoms with Gasteiger partial charge in [-0.1, -0.05) is 38.1 Å². The lowest BCUT2D eigenvalue weighted by Gasteiger charge is -2.21. The number of aliphatic hydroxyl groups is 1. The van der Waals surface area contributed by atoms with Crippen molar-refractivity contribution < 1.29 is 19.5 Å². The van der Waals surface area contributed by atoms with E-state index >= 15 is 0 Å². The standard InChI is InChI=1S/C16H25NO4/c1-5-7-15-11(3)8-9-13(12(4)14(18)6-2)17-20-10-16(19)21-15/h5,7-9,11-12,14-15,18H,6,10H2,1-4H3. The Morgan fingerprint density at radius 2 is 2.29 bits per heavy atom. The van der Waals surface area contributed by atoms with Crippen molar-refractivity contribution in [2.24, 2.45) is 17.0 Å². The van der Waals surface area contributed by atoms with Gasteiger partial charge in [0, 0.05) is 11.8 Å². The quantitative estimate of drug-likeness (QED) is 0.639. The molecule has 0 saturated carbocycles. The van der Waals surface area contributed by atoms with Gasteiger partial charge in [-0.3, -0.25) is 0 Å². The van der Waals surface area contributed by atoms with Crippen LogP contribution in [-0.2, 0) is 14.4 Å². The van der Waals surface area contributed by atoms with Crippen LogP contribution >= 0.6 is 0 Å². The van der Waals surface area contributed by atoms with Crippen LogP contribution in [0.3, 0.4) is 0 Å². The number of oxime groups is 1.